The van der Waals surface area contributed by atoms with Gasteiger partial charge in [-0.25, -0.2) is 0 Å². The van der Waals surface area contributed by atoms with Crippen LogP contribution in [0.15, 0.2) is 54.9 Å². The highest BCUT2D eigenvalue weighted by molar-refractivity contribution is 5.77. The number of aromatic nitrogens is 1. The number of nitrogens with one attached hydrogen (secondary N) is 3. The number of carbonyl (C=O) groups is 1. The van der Waals surface area contributed by atoms with E-state index in [1.54, 1.807) is 12.4 Å². The Kier molecular flexibility index (Phi) is 10.1. The Bertz CT molecular complexity index is 766. The van der Waals surface area contributed by atoms with Crippen LogP contribution in [-0.4, -0.2) is 40.2 Å². The number of hydrogen-bond donors (Lipinski definition) is 4. The summed E-state index contributed by atoms with van der Waals surface area (Å²) in [4.78, 5) is 16.7. The second-order valence-electron chi connectivity index (χ2n) is 9.29. The number of aliphatic hydroxyl groups excluding tert-OH is 1. The van der Waals surface area contributed by atoms with Crippen molar-refractivity contribution in [1.29, 1.82) is 0 Å². The van der Waals surface area contributed by atoms with E-state index in [0.717, 1.165) is 24.1 Å². The molecule has 0 fully saturated rings. The Morgan fingerprint density at radius 2 is 1.74 bits per heavy atom. The predicted molar refractivity (Wildman–Crippen MR) is 125 cm³/mol. The van der Waals surface area contributed by atoms with E-state index in [9.17, 15) is 9.90 Å². The number of benzene rings is 1. The lowest BCUT2D eigenvalue weighted by molar-refractivity contribution is -0.125. The maximum absolute atomic E-state index is 12.7. The Hall–Kier alpha value is -2.28. The molecule has 4 N–H and O–H groups in total. The molecule has 0 aliphatic rings. The molecule has 31 heavy (non-hydrogen) atoms. The first-order valence-electron chi connectivity index (χ1n) is 11.2. The third-order valence-corrected chi connectivity index (χ3v) is 5.16. The van der Waals surface area contributed by atoms with Crippen molar-refractivity contribution >= 4 is 5.91 Å². The SMILES string of the molecule is CC(C)CCNN[C@@H](Cc1ccccc1)[C@H](O)CC(=O)NC(C)(C)Cc1ccncc1. The third-order valence-electron chi connectivity index (χ3n) is 5.16. The van der Waals surface area contributed by atoms with Gasteiger partial charge in [-0.3, -0.25) is 20.6 Å². The molecule has 0 saturated heterocycles. The van der Waals surface area contributed by atoms with Gasteiger partial charge < -0.3 is 10.4 Å². The van der Waals surface area contributed by atoms with E-state index in [0.29, 0.717) is 18.8 Å². The summed E-state index contributed by atoms with van der Waals surface area (Å²) in [7, 11) is 0. The first-order chi connectivity index (χ1) is 14.7. The van der Waals surface area contributed by atoms with Crippen molar-refractivity contribution in [3.63, 3.8) is 0 Å². The van der Waals surface area contributed by atoms with E-state index < -0.39 is 11.6 Å². The number of rotatable bonds is 13. The monoisotopic (exact) mass is 426 g/mol. The van der Waals surface area contributed by atoms with Crippen LogP contribution in [0, 0.1) is 5.92 Å². The topological polar surface area (TPSA) is 86.3 Å². The van der Waals surface area contributed by atoms with Crippen LogP contribution < -0.4 is 16.2 Å². The first-order valence-corrected chi connectivity index (χ1v) is 11.2. The zero-order valence-electron chi connectivity index (χ0n) is 19.3. The molecule has 6 nitrogen and oxygen atoms in total. The molecular weight excluding hydrogens is 388 g/mol. The summed E-state index contributed by atoms with van der Waals surface area (Å²) in [6, 6.07) is 13.6. The van der Waals surface area contributed by atoms with Crippen LogP contribution >= 0.6 is 0 Å². The third kappa shape index (κ3) is 10.0. The molecule has 1 aromatic carbocycles. The number of aliphatic hydroxyl groups is 1. The molecule has 1 aromatic heterocycles. The number of hydrazine groups is 1. The second-order valence-corrected chi connectivity index (χ2v) is 9.29. The number of pyridine rings is 1. The summed E-state index contributed by atoms with van der Waals surface area (Å²) in [6.45, 7) is 9.14. The molecule has 2 atom stereocenters. The molecule has 0 aliphatic carbocycles. The van der Waals surface area contributed by atoms with E-state index in [2.05, 4.69) is 35.0 Å². The molecule has 6 heteroatoms. The van der Waals surface area contributed by atoms with Crippen LogP contribution in [-0.2, 0) is 17.6 Å². The van der Waals surface area contributed by atoms with E-state index in [-0.39, 0.29) is 18.4 Å². The molecule has 0 radical (unpaired) electrons. The van der Waals surface area contributed by atoms with Gasteiger partial charge in [0.25, 0.3) is 0 Å². The standard InChI is InChI=1S/C25H38N4O2/c1-19(2)10-15-27-29-22(16-20-8-6-5-7-9-20)23(30)17-24(31)28-25(3,4)18-21-11-13-26-14-12-21/h5-9,11-14,19,22-23,27,29-30H,10,15-18H2,1-4H3,(H,28,31)/t22-,23+/m0/s1. The Labute approximate surface area is 186 Å². The van der Waals surface area contributed by atoms with Gasteiger partial charge in [0.05, 0.1) is 18.6 Å². The fourth-order valence-electron chi connectivity index (χ4n) is 3.53. The Morgan fingerprint density at radius 3 is 2.39 bits per heavy atom. The molecule has 0 bridgehead atoms. The van der Waals surface area contributed by atoms with Crippen LogP contribution in [0.25, 0.3) is 0 Å². The van der Waals surface area contributed by atoms with Crippen molar-refractivity contribution in [3.05, 3.63) is 66.0 Å². The van der Waals surface area contributed by atoms with Crippen molar-refractivity contribution < 1.29 is 9.90 Å². The predicted octanol–water partition coefficient (Wildman–Crippen LogP) is 3.02. The quantitative estimate of drug-likeness (QED) is 0.292. The van der Waals surface area contributed by atoms with Gasteiger partial charge in [-0.15, -0.1) is 0 Å². The van der Waals surface area contributed by atoms with Crippen molar-refractivity contribution in [2.24, 2.45) is 5.92 Å². The Morgan fingerprint density at radius 1 is 1.06 bits per heavy atom. The summed E-state index contributed by atoms with van der Waals surface area (Å²) < 4.78 is 0. The molecule has 0 saturated carbocycles. The molecule has 2 aromatic rings. The number of nitrogens with zero attached hydrogens (tertiary/aromatic N) is 1. The van der Waals surface area contributed by atoms with E-state index >= 15 is 0 Å². The van der Waals surface area contributed by atoms with Gasteiger partial charge in [0.1, 0.15) is 0 Å². The molecule has 0 unspecified atom stereocenters. The summed E-state index contributed by atoms with van der Waals surface area (Å²) in [5.74, 6) is 0.439. The lowest BCUT2D eigenvalue weighted by Gasteiger charge is -2.29. The van der Waals surface area contributed by atoms with Crippen LogP contribution in [0.5, 0.6) is 0 Å². The first kappa shape index (κ1) is 25.0. The molecular formula is C25H38N4O2. The Balaban J connectivity index is 1.93. The minimum Gasteiger partial charge on any atom is -0.391 e. The van der Waals surface area contributed by atoms with Gasteiger partial charge in [0.15, 0.2) is 0 Å². The van der Waals surface area contributed by atoms with E-state index in [1.807, 2.05) is 56.3 Å². The van der Waals surface area contributed by atoms with Gasteiger partial charge >= 0.3 is 0 Å². The van der Waals surface area contributed by atoms with Gasteiger partial charge in [0.2, 0.25) is 5.91 Å². The summed E-state index contributed by atoms with van der Waals surface area (Å²) in [6.07, 6.45) is 5.08. The highest BCUT2D eigenvalue weighted by Gasteiger charge is 2.26. The smallest absolute Gasteiger partial charge is 0.223 e. The van der Waals surface area contributed by atoms with Crippen molar-refractivity contribution in [2.45, 2.75) is 71.1 Å². The zero-order valence-corrected chi connectivity index (χ0v) is 19.3. The highest BCUT2D eigenvalue weighted by atomic mass is 16.3. The van der Waals surface area contributed by atoms with Crippen LogP contribution in [0.1, 0.15) is 51.7 Å². The fraction of sp³-hybridized carbons (Fsp3) is 0.520. The average molecular weight is 427 g/mol. The summed E-state index contributed by atoms with van der Waals surface area (Å²) in [5, 5.41) is 13.9. The number of amides is 1. The zero-order chi connectivity index (χ0) is 22.7. The second kappa shape index (κ2) is 12.5. The molecule has 1 amide bonds. The fourth-order valence-corrected chi connectivity index (χ4v) is 3.53. The highest BCUT2D eigenvalue weighted by Crippen LogP contribution is 2.14. The molecule has 2 rings (SSSR count). The largest absolute Gasteiger partial charge is 0.391 e. The maximum Gasteiger partial charge on any atom is 0.223 e. The minimum absolute atomic E-state index is 0.0378. The van der Waals surface area contributed by atoms with Crippen molar-refractivity contribution in [2.75, 3.05) is 6.54 Å². The van der Waals surface area contributed by atoms with Gasteiger partial charge in [-0.1, -0.05) is 44.2 Å². The maximum atomic E-state index is 12.7. The lowest BCUT2D eigenvalue weighted by atomic mass is 9.94. The van der Waals surface area contributed by atoms with Gasteiger partial charge in [-0.05, 0) is 62.3 Å². The van der Waals surface area contributed by atoms with Crippen LogP contribution in [0.4, 0.5) is 0 Å². The summed E-state index contributed by atoms with van der Waals surface area (Å²) in [5.41, 5.74) is 8.27. The average Bonchev–Trinajstić information content (AvgIpc) is 2.70. The van der Waals surface area contributed by atoms with E-state index in [4.69, 9.17) is 0 Å². The normalized spacial score (nSPS) is 13.7. The molecule has 0 aliphatic heterocycles. The number of carbonyl (C=O) groups excluding carboxylic acids is 1. The molecule has 1 heterocycles. The van der Waals surface area contributed by atoms with Gasteiger partial charge in [-0.2, -0.15) is 0 Å². The van der Waals surface area contributed by atoms with Gasteiger partial charge in [0, 0.05) is 24.5 Å². The van der Waals surface area contributed by atoms with Crippen LogP contribution in [0.2, 0.25) is 0 Å². The van der Waals surface area contributed by atoms with Crippen molar-refractivity contribution in [3.8, 4) is 0 Å². The van der Waals surface area contributed by atoms with Crippen LogP contribution in [0.3, 0.4) is 0 Å². The minimum atomic E-state index is -0.816. The van der Waals surface area contributed by atoms with E-state index in [1.165, 1.54) is 0 Å². The van der Waals surface area contributed by atoms with Crippen molar-refractivity contribution in [1.82, 2.24) is 21.2 Å². The molecule has 170 valence electrons. The molecule has 0 spiro atoms. The lowest BCUT2D eigenvalue weighted by Crippen LogP contribution is -2.52. The summed E-state index contributed by atoms with van der Waals surface area (Å²) >= 11 is 0. The number of hydrogen-bond acceptors (Lipinski definition) is 5.